The molecule has 78 valence electrons. The second kappa shape index (κ2) is 4.15. The number of nitrogens with two attached hydrogens (primary N) is 1. The molecule has 4 N–H and O–H groups in total. The van der Waals surface area contributed by atoms with Crippen molar-refractivity contribution in [2.45, 2.75) is 19.9 Å². The van der Waals surface area contributed by atoms with Gasteiger partial charge in [0, 0.05) is 11.4 Å². The Morgan fingerprint density at radius 1 is 1.57 bits per heavy atom. The number of aryl methyl sites for hydroxylation is 2. The summed E-state index contributed by atoms with van der Waals surface area (Å²) in [6, 6.07) is 3.03. The van der Waals surface area contributed by atoms with E-state index in [0.29, 0.717) is 0 Å². The Bertz CT molecular complexity index is 313. The molecule has 0 aliphatic heterocycles. The van der Waals surface area contributed by atoms with Gasteiger partial charge in [-0.3, -0.25) is 9.47 Å². The molecule has 1 aromatic rings. The minimum absolute atomic E-state index is 0.214. The number of aliphatic carboxylic acids is 1. The molecule has 14 heavy (non-hydrogen) atoms. The van der Waals surface area contributed by atoms with Crippen LogP contribution in [0.3, 0.4) is 0 Å². The van der Waals surface area contributed by atoms with E-state index in [1.165, 1.54) is 0 Å². The summed E-state index contributed by atoms with van der Waals surface area (Å²) < 4.78 is 1.82. The number of nitrogens with one attached hydrogen (secondary N) is 1. The van der Waals surface area contributed by atoms with Crippen LogP contribution in [0.5, 0.6) is 0 Å². The second-order valence-corrected chi connectivity index (χ2v) is 3.26. The first-order valence-electron chi connectivity index (χ1n) is 4.39. The third-order valence-electron chi connectivity index (χ3n) is 2.06. The van der Waals surface area contributed by atoms with Gasteiger partial charge >= 0.3 is 5.97 Å². The molecule has 1 unspecified atom stereocenters. The van der Waals surface area contributed by atoms with Crippen LogP contribution in [0.25, 0.3) is 0 Å². The van der Waals surface area contributed by atoms with Gasteiger partial charge in [0.1, 0.15) is 6.04 Å². The van der Waals surface area contributed by atoms with E-state index in [1.54, 1.807) is 0 Å². The Morgan fingerprint density at radius 3 is 2.50 bits per heavy atom. The van der Waals surface area contributed by atoms with E-state index in [0.717, 1.165) is 11.4 Å². The largest absolute Gasteiger partial charge is 0.480 e. The number of carbonyl (C=O) groups is 1. The van der Waals surface area contributed by atoms with Crippen LogP contribution in [0.15, 0.2) is 12.1 Å². The SMILES string of the molecule is Cc1ccc(C)n1NCC(N)C(=O)O. The third-order valence-corrected chi connectivity index (χ3v) is 2.06. The van der Waals surface area contributed by atoms with Crippen molar-refractivity contribution >= 4 is 5.97 Å². The van der Waals surface area contributed by atoms with Gasteiger partial charge in [-0.15, -0.1) is 0 Å². The first-order valence-corrected chi connectivity index (χ1v) is 4.39. The number of hydrogen-bond donors (Lipinski definition) is 3. The van der Waals surface area contributed by atoms with E-state index in [-0.39, 0.29) is 6.54 Å². The van der Waals surface area contributed by atoms with E-state index in [4.69, 9.17) is 10.8 Å². The predicted molar refractivity (Wildman–Crippen MR) is 53.7 cm³/mol. The standard InChI is InChI=1S/C9H15N3O2/c1-6-3-4-7(2)12(6)11-5-8(10)9(13)14/h3-4,8,11H,5,10H2,1-2H3,(H,13,14). The molecule has 0 aromatic carbocycles. The van der Waals surface area contributed by atoms with Gasteiger partial charge in [0.15, 0.2) is 0 Å². The van der Waals surface area contributed by atoms with Gasteiger partial charge in [0.25, 0.3) is 0 Å². The van der Waals surface area contributed by atoms with Crippen molar-refractivity contribution in [3.8, 4) is 0 Å². The van der Waals surface area contributed by atoms with Crippen molar-refractivity contribution in [1.29, 1.82) is 0 Å². The summed E-state index contributed by atoms with van der Waals surface area (Å²) in [7, 11) is 0. The molecular formula is C9H15N3O2. The van der Waals surface area contributed by atoms with Crippen LogP contribution in [-0.4, -0.2) is 28.3 Å². The highest BCUT2D eigenvalue weighted by Gasteiger charge is 2.11. The fourth-order valence-electron chi connectivity index (χ4n) is 1.19. The van der Waals surface area contributed by atoms with Crippen LogP contribution in [0, 0.1) is 13.8 Å². The molecule has 1 atom stereocenters. The Labute approximate surface area is 82.5 Å². The normalized spacial score (nSPS) is 12.5. The average Bonchev–Trinajstić information content (AvgIpc) is 2.43. The van der Waals surface area contributed by atoms with Gasteiger partial charge in [-0.1, -0.05) is 0 Å². The van der Waals surface area contributed by atoms with Crippen LogP contribution in [0.4, 0.5) is 0 Å². The maximum absolute atomic E-state index is 10.5. The Morgan fingerprint density at radius 2 is 2.07 bits per heavy atom. The molecule has 0 radical (unpaired) electrons. The highest BCUT2D eigenvalue weighted by Crippen LogP contribution is 2.03. The third kappa shape index (κ3) is 2.26. The lowest BCUT2D eigenvalue weighted by Crippen LogP contribution is -2.39. The molecule has 0 saturated carbocycles. The number of carboxylic acid groups (broad SMARTS) is 1. The molecule has 0 aliphatic carbocycles. The average molecular weight is 197 g/mol. The number of hydrogen-bond acceptors (Lipinski definition) is 3. The Hall–Kier alpha value is -1.49. The van der Waals surface area contributed by atoms with E-state index in [1.807, 2.05) is 30.7 Å². The van der Waals surface area contributed by atoms with E-state index >= 15 is 0 Å². The van der Waals surface area contributed by atoms with Crippen LogP contribution < -0.4 is 11.2 Å². The van der Waals surface area contributed by atoms with Gasteiger partial charge in [-0.25, -0.2) is 0 Å². The summed E-state index contributed by atoms with van der Waals surface area (Å²) in [5.74, 6) is -1.00. The molecule has 5 nitrogen and oxygen atoms in total. The van der Waals surface area contributed by atoms with Crippen molar-refractivity contribution in [2.75, 3.05) is 12.0 Å². The Balaban J connectivity index is 2.57. The van der Waals surface area contributed by atoms with Crippen molar-refractivity contribution in [3.05, 3.63) is 23.5 Å². The number of nitrogens with zero attached hydrogens (tertiary/aromatic N) is 1. The molecule has 0 fully saturated rings. The summed E-state index contributed by atoms with van der Waals surface area (Å²) >= 11 is 0. The van der Waals surface area contributed by atoms with Crippen LogP contribution in [0.1, 0.15) is 11.4 Å². The van der Waals surface area contributed by atoms with Crippen molar-refractivity contribution in [2.24, 2.45) is 5.73 Å². The van der Waals surface area contributed by atoms with Crippen molar-refractivity contribution in [3.63, 3.8) is 0 Å². The molecule has 0 spiro atoms. The lowest BCUT2D eigenvalue weighted by atomic mass is 10.3. The van der Waals surface area contributed by atoms with E-state index < -0.39 is 12.0 Å². The summed E-state index contributed by atoms with van der Waals surface area (Å²) in [6.45, 7) is 4.09. The van der Waals surface area contributed by atoms with Gasteiger partial charge in [0.2, 0.25) is 0 Å². The summed E-state index contributed by atoms with van der Waals surface area (Å²) in [6.07, 6.45) is 0. The van der Waals surface area contributed by atoms with Crippen LogP contribution >= 0.6 is 0 Å². The van der Waals surface area contributed by atoms with E-state index in [9.17, 15) is 4.79 Å². The van der Waals surface area contributed by atoms with Crippen molar-refractivity contribution in [1.82, 2.24) is 4.68 Å². The zero-order valence-electron chi connectivity index (χ0n) is 8.32. The summed E-state index contributed by atoms with van der Waals surface area (Å²) in [5, 5.41) is 8.57. The highest BCUT2D eigenvalue weighted by atomic mass is 16.4. The van der Waals surface area contributed by atoms with Gasteiger partial charge in [-0.05, 0) is 26.0 Å². The number of rotatable bonds is 4. The molecule has 0 saturated heterocycles. The molecule has 5 heteroatoms. The highest BCUT2D eigenvalue weighted by molar-refractivity contribution is 5.73. The fourth-order valence-corrected chi connectivity index (χ4v) is 1.19. The minimum atomic E-state index is -1.00. The topological polar surface area (TPSA) is 80.3 Å². The maximum Gasteiger partial charge on any atom is 0.322 e. The zero-order valence-corrected chi connectivity index (χ0v) is 8.32. The quantitative estimate of drug-likeness (QED) is 0.637. The molecule has 0 bridgehead atoms. The number of carboxylic acids is 1. The molecular weight excluding hydrogens is 182 g/mol. The van der Waals surface area contributed by atoms with Crippen LogP contribution in [-0.2, 0) is 4.79 Å². The maximum atomic E-state index is 10.5. The fraction of sp³-hybridized carbons (Fsp3) is 0.444. The number of aromatic nitrogens is 1. The zero-order chi connectivity index (χ0) is 10.7. The monoisotopic (exact) mass is 197 g/mol. The summed E-state index contributed by atoms with van der Waals surface area (Å²) in [5.41, 5.74) is 10.4. The molecule has 1 heterocycles. The molecule has 1 rings (SSSR count). The Kier molecular flexibility index (Phi) is 3.14. The predicted octanol–water partition coefficient (Wildman–Crippen LogP) is 0.0603. The second-order valence-electron chi connectivity index (χ2n) is 3.26. The minimum Gasteiger partial charge on any atom is -0.480 e. The molecule has 0 aliphatic rings. The van der Waals surface area contributed by atoms with Gasteiger partial charge in [-0.2, -0.15) is 0 Å². The van der Waals surface area contributed by atoms with Crippen molar-refractivity contribution < 1.29 is 9.90 Å². The van der Waals surface area contributed by atoms with Gasteiger partial charge in [0.05, 0.1) is 6.54 Å². The first-order chi connectivity index (χ1) is 6.52. The van der Waals surface area contributed by atoms with E-state index in [2.05, 4.69) is 5.43 Å². The van der Waals surface area contributed by atoms with Crippen LogP contribution in [0.2, 0.25) is 0 Å². The van der Waals surface area contributed by atoms with Gasteiger partial charge < -0.3 is 16.3 Å². The first kappa shape index (κ1) is 10.6. The summed E-state index contributed by atoms with van der Waals surface area (Å²) in [4.78, 5) is 10.5. The molecule has 0 amide bonds. The lowest BCUT2D eigenvalue weighted by Gasteiger charge is -2.14. The smallest absolute Gasteiger partial charge is 0.322 e. The lowest BCUT2D eigenvalue weighted by molar-refractivity contribution is -0.138. The molecule has 1 aromatic heterocycles.